The van der Waals surface area contributed by atoms with Crippen LogP contribution in [0.2, 0.25) is 0 Å². The van der Waals surface area contributed by atoms with Gasteiger partial charge in [-0.15, -0.1) is 0 Å². The van der Waals surface area contributed by atoms with Crippen molar-refractivity contribution >= 4 is 17.6 Å². The number of hydrogen-bond donors (Lipinski definition) is 1. The molecule has 1 aromatic carbocycles. The van der Waals surface area contributed by atoms with Crippen molar-refractivity contribution < 1.29 is 19.1 Å². The molecular weight excluding hydrogens is 288 g/mol. The van der Waals surface area contributed by atoms with Crippen molar-refractivity contribution in [3.05, 3.63) is 48.7 Å². The van der Waals surface area contributed by atoms with Crippen molar-refractivity contribution in [3.63, 3.8) is 0 Å². The number of carbonyl (C=O) groups is 2. The minimum atomic E-state index is -0.675. The molecule has 0 aliphatic rings. The summed E-state index contributed by atoms with van der Waals surface area (Å²) in [5, 5.41) is 6.82. The number of aromatic nitrogens is 3. The highest BCUT2D eigenvalue weighted by Crippen LogP contribution is 2.14. The molecule has 114 valence electrons. The zero-order valence-corrected chi connectivity index (χ0v) is 12.0. The molecule has 0 unspecified atom stereocenters. The molecule has 0 bridgehead atoms. The van der Waals surface area contributed by atoms with Crippen LogP contribution in [-0.2, 0) is 19.1 Å². The molecule has 8 nitrogen and oxygen atoms in total. The zero-order valence-electron chi connectivity index (χ0n) is 12.0. The third-order valence-corrected chi connectivity index (χ3v) is 2.70. The Morgan fingerprint density at radius 3 is 2.45 bits per heavy atom. The first-order valence-electron chi connectivity index (χ1n) is 6.24. The number of ether oxygens (including phenoxy) is 2. The van der Waals surface area contributed by atoms with Crippen LogP contribution in [-0.4, -0.2) is 40.9 Å². The summed E-state index contributed by atoms with van der Waals surface area (Å²) in [7, 11) is 2.45. The van der Waals surface area contributed by atoms with Crippen LogP contribution in [0.15, 0.2) is 48.7 Å². The van der Waals surface area contributed by atoms with Gasteiger partial charge in [-0.2, -0.15) is 5.10 Å². The molecule has 1 heterocycles. The van der Waals surface area contributed by atoms with Crippen molar-refractivity contribution in [3.8, 4) is 5.69 Å². The van der Waals surface area contributed by atoms with Crippen molar-refractivity contribution in [1.82, 2.24) is 14.8 Å². The van der Waals surface area contributed by atoms with Crippen LogP contribution in [0.4, 0.5) is 5.69 Å². The Hall–Kier alpha value is -3.16. The van der Waals surface area contributed by atoms with Crippen LogP contribution in [0.5, 0.6) is 0 Å². The number of methoxy groups -OCH3 is 2. The molecule has 8 heteroatoms. The predicted molar refractivity (Wildman–Crippen MR) is 77.1 cm³/mol. The maximum Gasteiger partial charge on any atom is 0.354 e. The van der Waals surface area contributed by atoms with Gasteiger partial charge in [-0.25, -0.2) is 19.3 Å². The second-order valence-corrected chi connectivity index (χ2v) is 4.08. The number of nitrogens with one attached hydrogen (secondary N) is 1. The largest absolute Gasteiger partial charge is 0.466 e. The summed E-state index contributed by atoms with van der Waals surface area (Å²) in [6, 6.07) is 7.02. The summed E-state index contributed by atoms with van der Waals surface area (Å²) < 4.78 is 10.7. The number of esters is 2. The van der Waals surface area contributed by atoms with Crippen LogP contribution in [0, 0.1) is 0 Å². The minimum absolute atomic E-state index is 0.0251. The third-order valence-electron chi connectivity index (χ3n) is 2.70. The van der Waals surface area contributed by atoms with E-state index in [9.17, 15) is 9.59 Å². The van der Waals surface area contributed by atoms with Crippen molar-refractivity contribution in [1.29, 1.82) is 0 Å². The van der Waals surface area contributed by atoms with Crippen LogP contribution in [0.25, 0.3) is 5.69 Å². The van der Waals surface area contributed by atoms with Gasteiger partial charge >= 0.3 is 11.9 Å². The van der Waals surface area contributed by atoms with E-state index in [0.717, 1.165) is 11.8 Å². The molecule has 1 aromatic heterocycles. The van der Waals surface area contributed by atoms with E-state index >= 15 is 0 Å². The Labute approximate surface area is 126 Å². The first kappa shape index (κ1) is 15.2. The van der Waals surface area contributed by atoms with Gasteiger partial charge in [0, 0.05) is 5.69 Å². The molecule has 0 saturated heterocycles. The second-order valence-electron chi connectivity index (χ2n) is 4.08. The van der Waals surface area contributed by atoms with E-state index < -0.39 is 11.9 Å². The first-order valence-corrected chi connectivity index (χ1v) is 6.24. The highest BCUT2D eigenvalue weighted by Gasteiger charge is 2.12. The van der Waals surface area contributed by atoms with Gasteiger partial charge < -0.3 is 14.8 Å². The quantitative estimate of drug-likeness (QED) is 0.647. The molecule has 0 atom stereocenters. The highest BCUT2D eigenvalue weighted by molar-refractivity contribution is 5.98. The fourth-order valence-corrected chi connectivity index (χ4v) is 1.63. The molecule has 0 aliphatic heterocycles. The maximum absolute atomic E-state index is 11.6. The van der Waals surface area contributed by atoms with Crippen LogP contribution in [0.3, 0.4) is 0 Å². The third kappa shape index (κ3) is 3.69. The van der Waals surface area contributed by atoms with Gasteiger partial charge in [0.2, 0.25) is 0 Å². The Balaban J connectivity index is 2.18. The molecule has 0 radical (unpaired) electrons. The van der Waals surface area contributed by atoms with E-state index in [4.69, 9.17) is 0 Å². The lowest BCUT2D eigenvalue weighted by Crippen LogP contribution is -2.15. The van der Waals surface area contributed by atoms with E-state index in [2.05, 4.69) is 24.9 Å². The Morgan fingerprint density at radius 1 is 1.18 bits per heavy atom. The Bertz CT molecular complexity index is 677. The van der Waals surface area contributed by atoms with E-state index in [1.54, 1.807) is 35.3 Å². The SMILES string of the molecule is COC(=O)/C=C(/Nc1ccc(-n2cncn2)cc1)C(=O)OC. The normalized spacial score (nSPS) is 10.9. The Kier molecular flexibility index (Phi) is 4.86. The first-order chi connectivity index (χ1) is 10.6. The van der Waals surface area contributed by atoms with Crippen LogP contribution in [0.1, 0.15) is 0 Å². The average Bonchev–Trinajstić information content (AvgIpc) is 3.08. The van der Waals surface area contributed by atoms with Gasteiger partial charge in [0.1, 0.15) is 18.4 Å². The van der Waals surface area contributed by atoms with Crippen molar-refractivity contribution in [2.24, 2.45) is 0 Å². The second kappa shape index (κ2) is 7.02. The van der Waals surface area contributed by atoms with Gasteiger partial charge in [0.15, 0.2) is 0 Å². The standard InChI is InChI=1S/C14H14N4O4/c1-21-13(19)7-12(14(20)22-2)17-10-3-5-11(6-4-10)18-9-15-8-16-18/h3-9,17H,1-2H3/b12-7+. The van der Waals surface area contributed by atoms with Crippen molar-refractivity contribution in [2.45, 2.75) is 0 Å². The molecule has 22 heavy (non-hydrogen) atoms. The molecular formula is C14H14N4O4. The maximum atomic E-state index is 11.6. The summed E-state index contributed by atoms with van der Waals surface area (Å²) in [5.41, 5.74) is 1.38. The zero-order chi connectivity index (χ0) is 15.9. The minimum Gasteiger partial charge on any atom is -0.466 e. The number of benzene rings is 1. The van der Waals surface area contributed by atoms with Gasteiger partial charge in [0.05, 0.1) is 26.0 Å². The molecule has 0 amide bonds. The van der Waals surface area contributed by atoms with Gasteiger partial charge in [0.25, 0.3) is 0 Å². The topological polar surface area (TPSA) is 95.3 Å². The monoisotopic (exact) mass is 302 g/mol. The molecule has 0 spiro atoms. The van der Waals surface area contributed by atoms with Gasteiger partial charge in [-0.3, -0.25) is 0 Å². The van der Waals surface area contributed by atoms with E-state index in [-0.39, 0.29) is 5.70 Å². The molecule has 2 aromatic rings. The molecule has 0 fully saturated rings. The summed E-state index contributed by atoms with van der Waals surface area (Å²) in [6.07, 6.45) is 4.03. The van der Waals surface area contributed by atoms with E-state index in [1.165, 1.54) is 20.5 Å². The van der Waals surface area contributed by atoms with E-state index in [0.29, 0.717) is 5.69 Å². The number of anilines is 1. The lowest BCUT2D eigenvalue weighted by Gasteiger charge is -2.09. The fourth-order valence-electron chi connectivity index (χ4n) is 1.63. The molecule has 0 aliphatic carbocycles. The number of carbonyl (C=O) groups excluding carboxylic acids is 2. The summed E-state index contributed by atoms with van der Waals surface area (Å²) >= 11 is 0. The number of rotatable bonds is 5. The van der Waals surface area contributed by atoms with Gasteiger partial charge in [-0.05, 0) is 24.3 Å². The molecule has 0 saturated carbocycles. The van der Waals surface area contributed by atoms with Crippen LogP contribution >= 0.6 is 0 Å². The smallest absolute Gasteiger partial charge is 0.354 e. The van der Waals surface area contributed by atoms with Gasteiger partial charge in [-0.1, -0.05) is 0 Å². The summed E-state index contributed by atoms with van der Waals surface area (Å²) in [4.78, 5) is 26.8. The number of hydrogen-bond acceptors (Lipinski definition) is 7. The van der Waals surface area contributed by atoms with Crippen molar-refractivity contribution in [2.75, 3.05) is 19.5 Å². The van der Waals surface area contributed by atoms with E-state index in [1.807, 2.05) is 0 Å². The predicted octanol–water partition coefficient (Wildman–Crippen LogP) is 0.909. The lowest BCUT2D eigenvalue weighted by atomic mass is 10.2. The lowest BCUT2D eigenvalue weighted by molar-refractivity contribution is -0.138. The number of nitrogens with zero attached hydrogens (tertiary/aromatic N) is 3. The average molecular weight is 302 g/mol. The molecule has 2 rings (SSSR count). The Morgan fingerprint density at radius 2 is 1.91 bits per heavy atom. The van der Waals surface area contributed by atoms with Crippen LogP contribution < -0.4 is 5.32 Å². The molecule has 1 N–H and O–H groups in total. The summed E-state index contributed by atoms with van der Waals surface area (Å²) in [6.45, 7) is 0. The fraction of sp³-hybridized carbons (Fsp3) is 0.143. The summed E-state index contributed by atoms with van der Waals surface area (Å²) in [5.74, 6) is -1.34. The highest BCUT2D eigenvalue weighted by atomic mass is 16.5.